The number of para-hydroxylation sites is 3. The van der Waals surface area contributed by atoms with Crippen molar-refractivity contribution >= 4 is 27.6 Å². The zero-order chi connectivity index (χ0) is 28.5. The lowest BCUT2D eigenvalue weighted by Crippen LogP contribution is -2.24. The van der Waals surface area contributed by atoms with Crippen molar-refractivity contribution in [3.63, 3.8) is 0 Å². The van der Waals surface area contributed by atoms with Gasteiger partial charge in [0.2, 0.25) is 5.88 Å². The fourth-order valence-electron chi connectivity index (χ4n) is 5.53. The standard InChI is InChI=1S/C31H20N6O5/c1-15-26(34-19-9-5-4-8-18(19)33-15)23-24-27(17-7-3-6-10-21(17)41-31(24)39)42-30-25(23)29-35-28(36-37(29)14-32-30)16-11-12-22(40-2)20(38)13-16/h3-14,23,38H,1-2H3. The normalized spacial score (nSPS) is 14.1. The molecule has 11 heteroatoms. The first-order valence-electron chi connectivity index (χ1n) is 13.1. The number of aromatic nitrogens is 6. The maximum Gasteiger partial charge on any atom is 0.344 e. The number of hydrogen-bond donors (Lipinski definition) is 1. The van der Waals surface area contributed by atoms with Crippen molar-refractivity contribution in [3.8, 4) is 34.5 Å². The van der Waals surface area contributed by atoms with E-state index in [1.165, 1.54) is 24.0 Å². The van der Waals surface area contributed by atoms with Crippen LogP contribution in [0.3, 0.4) is 0 Å². The van der Waals surface area contributed by atoms with Crippen molar-refractivity contribution in [2.24, 2.45) is 0 Å². The molecule has 11 nitrogen and oxygen atoms in total. The summed E-state index contributed by atoms with van der Waals surface area (Å²) in [7, 11) is 1.48. The van der Waals surface area contributed by atoms with Gasteiger partial charge in [0.25, 0.3) is 0 Å². The van der Waals surface area contributed by atoms with Gasteiger partial charge in [0.15, 0.2) is 28.7 Å². The Hall–Kier alpha value is -5.84. The van der Waals surface area contributed by atoms with Crippen LogP contribution in [0.1, 0.15) is 28.4 Å². The van der Waals surface area contributed by atoms with E-state index in [9.17, 15) is 9.90 Å². The second-order valence-corrected chi connectivity index (χ2v) is 9.90. The Morgan fingerprint density at radius 1 is 0.952 bits per heavy atom. The third-order valence-electron chi connectivity index (χ3n) is 7.45. The molecular formula is C31H20N6O5. The lowest BCUT2D eigenvalue weighted by atomic mass is 9.86. The molecule has 1 N–H and O–H groups in total. The third kappa shape index (κ3) is 3.46. The van der Waals surface area contributed by atoms with Gasteiger partial charge in [-0.3, -0.25) is 0 Å². The molecule has 8 rings (SSSR count). The van der Waals surface area contributed by atoms with E-state index in [2.05, 4.69) is 10.1 Å². The highest BCUT2D eigenvalue weighted by atomic mass is 16.5. The summed E-state index contributed by atoms with van der Waals surface area (Å²) in [6, 6.07) is 19.7. The van der Waals surface area contributed by atoms with Crippen LogP contribution in [-0.4, -0.2) is 41.8 Å². The molecule has 3 aromatic carbocycles. The largest absolute Gasteiger partial charge is 0.504 e. The summed E-state index contributed by atoms with van der Waals surface area (Å²) in [6.45, 7) is 1.86. The summed E-state index contributed by atoms with van der Waals surface area (Å²) in [6.07, 6.45) is 1.50. The molecule has 0 aliphatic carbocycles. The number of benzene rings is 3. The fourth-order valence-corrected chi connectivity index (χ4v) is 5.53. The topological polar surface area (TPSA) is 138 Å². The van der Waals surface area contributed by atoms with Crippen molar-refractivity contribution in [1.82, 2.24) is 29.5 Å². The fraction of sp³-hybridized carbons (Fsp3) is 0.0968. The minimum absolute atomic E-state index is 0.0457. The van der Waals surface area contributed by atoms with Gasteiger partial charge in [-0.05, 0) is 49.4 Å². The van der Waals surface area contributed by atoms with Gasteiger partial charge in [0.1, 0.15) is 11.9 Å². The second kappa shape index (κ2) is 8.83. The highest BCUT2D eigenvalue weighted by Crippen LogP contribution is 2.49. The van der Waals surface area contributed by atoms with Gasteiger partial charge in [-0.2, -0.15) is 0 Å². The predicted octanol–water partition coefficient (Wildman–Crippen LogP) is 5.15. The lowest BCUT2D eigenvalue weighted by Gasteiger charge is -2.27. The molecule has 5 heterocycles. The smallest absolute Gasteiger partial charge is 0.344 e. The van der Waals surface area contributed by atoms with Gasteiger partial charge in [0.05, 0.1) is 52.0 Å². The average molecular weight is 557 g/mol. The number of aromatic hydroxyl groups is 1. The second-order valence-electron chi connectivity index (χ2n) is 9.90. The number of methoxy groups -OCH3 is 1. The van der Waals surface area contributed by atoms with Crippen LogP contribution < -0.4 is 15.1 Å². The Bertz CT molecular complexity index is 2290. The van der Waals surface area contributed by atoms with Gasteiger partial charge < -0.3 is 19.0 Å². The van der Waals surface area contributed by atoms with Crippen LogP contribution >= 0.6 is 0 Å². The Kier molecular flexibility index (Phi) is 5.05. The van der Waals surface area contributed by atoms with Crippen LogP contribution in [0.2, 0.25) is 0 Å². The van der Waals surface area contributed by atoms with Crippen molar-refractivity contribution < 1.29 is 19.0 Å². The lowest BCUT2D eigenvalue weighted by molar-refractivity contribution is 0.373. The number of aryl methyl sites for hydroxylation is 1. The van der Waals surface area contributed by atoms with Crippen LogP contribution in [0.25, 0.3) is 39.0 Å². The molecule has 1 aliphatic rings. The summed E-state index contributed by atoms with van der Waals surface area (Å²) in [5.41, 5.74) is 4.16. The van der Waals surface area contributed by atoms with Crippen LogP contribution in [0.5, 0.6) is 23.1 Å². The molecule has 1 atom stereocenters. The van der Waals surface area contributed by atoms with Crippen LogP contribution in [-0.2, 0) is 0 Å². The van der Waals surface area contributed by atoms with E-state index in [0.717, 1.165) is 5.52 Å². The Morgan fingerprint density at radius 2 is 1.74 bits per heavy atom. The summed E-state index contributed by atoms with van der Waals surface area (Å²) in [5, 5.41) is 15.6. The number of ether oxygens (including phenoxy) is 2. The first kappa shape index (κ1) is 24.0. The molecule has 0 saturated carbocycles. The average Bonchev–Trinajstić information content (AvgIpc) is 3.45. The van der Waals surface area contributed by atoms with E-state index in [0.29, 0.717) is 62.0 Å². The summed E-state index contributed by atoms with van der Waals surface area (Å²) in [4.78, 5) is 32.9. The number of phenols is 1. The van der Waals surface area contributed by atoms with Crippen molar-refractivity contribution in [2.75, 3.05) is 7.11 Å². The summed E-state index contributed by atoms with van der Waals surface area (Å²) >= 11 is 0. The molecule has 42 heavy (non-hydrogen) atoms. The highest BCUT2D eigenvalue weighted by Gasteiger charge is 2.39. The number of nitrogens with zero attached hydrogens (tertiary/aromatic N) is 6. The first-order valence-corrected chi connectivity index (χ1v) is 13.1. The molecule has 0 radical (unpaired) electrons. The van der Waals surface area contributed by atoms with Crippen LogP contribution in [0, 0.1) is 6.92 Å². The van der Waals surface area contributed by atoms with Gasteiger partial charge in [-0.15, -0.1) is 5.10 Å². The number of fused-ring (bicyclic) bond motifs is 7. The van der Waals surface area contributed by atoms with Crippen LogP contribution in [0.15, 0.2) is 82.3 Å². The minimum Gasteiger partial charge on any atom is -0.504 e. The number of hydrogen-bond acceptors (Lipinski definition) is 10. The van der Waals surface area contributed by atoms with Crippen molar-refractivity contribution in [1.29, 1.82) is 0 Å². The zero-order valence-corrected chi connectivity index (χ0v) is 22.3. The van der Waals surface area contributed by atoms with Gasteiger partial charge in [-0.1, -0.05) is 24.3 Å². The summed E-state index contributed by atoms with van der Waals surface area (Å²) in [5.74, 6) is 0.456. The molecule has 4 aromatic heterocycles. The zero-order valence-electron chi connectivity index (χ0n) is 22.3. The molecule has 1 unspecified atom stereocenters. The molecule has 0 spiro atoms. The van der Waals surface area contributed by atoms with E-state index in [1.54, 1.807) is 24.3 Å². The quantitative estimate of drug-likeness (QED) is 0.291. The van der Waals surface area contributed by atoms with E-state index >= 15 is 0 Å². The van der Waals surface area contributed by atoms with E-state index < -0.39 is 11.5 Å². The molecular weight excluding hydrogens is 536 g/mol. The van der Waals surface area contributed by atoms with Gasteiger partial charge in [0, 0.05) is 5.56 Å². The maximum absolute atomic E-state index is 13.7. The molecule has 1 aliphatic heterocycles. The third-order valence-corrected chi connectivity index (χ3v) is 7.45. The summed E-state index contributed by atoms with van der Waals surface area (Å²) < 4.78 is 18.8. The highest BCUT2D eigenvalue weighted by molar-refractivity contribution is 5.87. The minimum atomic E-state index is -0.778. The molecule has 0 bridgehead atoms. The Morgan fingerprint density at radius 3 is 2.55 bits per heavy atom. The molecule has 0 amide bonds. The van der Waals surface area contributed by atoms with Gasteiger partial charge in [-0.25, -0.2) is 29.2 Å². The first-order chi connectivity index (χ1) is 20.5. The Labute approximate surface area is 236 Å². The SMILES string of the molecule is COc1ccc(-c2nc3c4c(ncn3n2)Oc2c(c(=O)oc3ccccc23)C4c2nc3ccccc3nc2C)cc1O. The predicted molar refractivity (Wildman–Crippen MR) is 152 cm³/mol. The molecule has 0 saturated heterocycles. The number of rotatable bonds is 3. The molecule has 7 aromatic rings. The van der Waals surface area contributed by atoms with Crippen LogP contribution in [0.4, 0.5) is 0 Å². The molecule has 204 valence electrons. The van der Waals surface area contributed by atoms with Crippen molar-refractivity contribution in [3.05, 3.63) is 106 Å². The van der Waals surface area contributed by atoms with E-state index in [-0.39, 0.29) is 17.2 Å². The number of phenolic OH excluding ortho intramolecular Hbond substituents is 1. The van der Waals surface area contributed by atoms with Gasteiger partial charge >= 0.3 is 5.63 Å². The van der Waals surface area contributed by atoms with E-state index in [4.69, 9.17) is 28.8 Å². The molecule has 0 fully saturated rings. The maximum atomic E-state index is 13.7. The monoisotopic (exact) mass is 556 g/mol. The van der Waals surface area contributed by atoms with Crippen molar-refractivity contribution in [2.45, 2.75) is 12.8 Å². The Balaban J connectivity index is 1.44. The van der Waals surface area contributed by atoms with E-state index in [1.807, 2.05) is 43.3 Å².